The van der Waals surface area contributed by atoms with Crippen LogP contribution in [0.1, 0.15) is 57.5 Å². The largest absolute Gasteiger partial charge is 0.392 e. The predicted octanol–water partition coefficient (Wildman–Crippen LogP) is 3.43. The highest BCUT2D eigenvalue weighted by atomic mass is 16.3. The minimum absolute atomic E-state index is 0.0307. The molecule has 3 heterocycles. The molecule has 3 N–H and O–H groups in total. The molecule has 0 radical (unpaired) electrons. The Hall–Kier alpha value is -3.71. The van der Waals surface area contributed by atoms with Crippen molar-refractivity contribution in [2.24, 2.45) is 0 Å². The molecule has 2 aliphatic rings. The van der Waals surface area contributed by atoms with Crippen LogP contribution >= 0.6 is 0 Å². The smallest absolute Gasteiger partial charge is 0.253 e. The number of aliphatic hydroxyl groups excluding tert-OH is 1. The third kappa shape index (κ3) is 5.20. The molecule has 2 aromatic carbocycles. The molecule has 1 aromatic heterocycles. The summed E-state index contributed by atoms with van der Waals surface area (Å²) in [5, 5.41) is 15.3. The van der Waals surface area contributed by atoms with Gasteiger partial charge in [0.25, 0.3) is 11.8 Å². The molecule has 2 bridgehead atoms. The molecule has 5 rings (SSSR count). The van der Waals surface area contributed by atoms with E-state index in [1.165, 1.54) is 0 Å². The number of pyridine rings is 1. The van der Waals surface area contributed by atoms with Crippen LogP contribution in [0.2, 0.25) is 0 Å². The summed E-state index contributed by atoms with van der Waals surface area (Å²) in [5.41, 5.74) is 3.01. The van der Waals surface area contributed by atoms with Gasteiger partial charge in [0.15, 0.2) is 0 Å². The van der Waals surface area contributed by atoms with Gasteiger partial charge in [-0.3, -0.25) is 9.59 Å². The molecule has 0 aliphatic carbocycles. The number of nitrogens with one attached hydrogen (secondary N) is 2. The molecule has 0 saturated carbocycles. The van der Waals surface area contributed by atoms with Crippen LogP contribution in [0.3, 0.4) is 0 Å². The maximum Gasteiger partial charge on any atom is 0.253 e. The lowest BCUT2D eigenvalue weighted by molar-refractivity contribution is 0.0924. The van der Waals surface area contributed by atoms with Crippen LogP contribution in [0, 0.1) is 0 Å². The maximum atomic E-state index is 12.7. The van der Waals surface area contributed by atoms with Gasteiger partial charge in [0, 0.05) is 36.4 Å². The van der Waals surface area contributed by atoms with Crippen LogP contribution in [-0.4, -0.2) is 40.0 Å². The molecule has 2 fully saturated rings. The Labute approximate surface area is 205 Å². The van der Waals surface area contributed by atoms with Crippen molar-refractivity contribution in [2.75, 3.05) is 4.90 Å². The Bertz CT molecular complexity index is 1150. The average Bonchev–Trinajstić information content (AvgIpc) is 3.17. The zero-order chi connectivity index (χ0) is 24.2. The van der Waals surface area contributed by atoms with Crippen molar-refractivity contribution in [1.29, 1.82) is 0 Å². The van der Waals surface area contributed by atoms with Crippen molar-refractivity contribution in [3.05, 3.63) is 95.2 Å². The number of carbonyl (C=O) groups is 2. The number of nitrogens with zero attached hydrogens (tertiary/aromatic N) is 2. The van der Waals surface area contributed by atoms with Crippen molar-refractivity contribution >= 4 is 17.6 Å². The highest BCUT2D eigenvalue weighted by Crippen LogP contribution is 2.38. The molecule has 180 valence electrons. The molecule has 1 unspecified atom stereocenters. The number of carbonyl (C=O) groups excluding carboxylic acids is 2. The van der Waals surface area contributed by atoms with E-state index >= 15 is 0 Å². The summed E-state index contributed by atoms with van der Waals surface area (Å²) in [4.78, 5) is 32.2. The summed E-state index contributed by atoms with van der Waals surface area (Å²) in [6.45, 7) is 0.452. The Morgan fingerprint density at radius 1 is 0.857 bits per heavy atom. The third-order valence-corrected chi connectivity index (χ3v) is 7.04. The van der Waals surface area contributed by atoms with Crippen LogP contribution in [0.25, 0.3) is 0 Å². The number of aromatic nitrogens is 1. The van der Waals surface area contributed by atoms with Gasteiger partial charge in [-0.1, -0.05) is 42.5 Å². The van der Waals surface area contributed by atoms with Crippen molar-refractivity contribution in [2.45, 2.75) is 57.0 Å². The van der Waals surface area contributed by atoms with E-state index in [0.717, 1.165) is 42.6 Å². The average molecular weight is 471 g/mol. The van der Waals surface area contributed by atoms with Crippen LogP contribution in [0.4, 0.5) is 5.82 Å². The van der Waals surface area contributed by atoms with Crippen molar-refractivity contribution < 1.29 is 14.7 Å². The fourth-order valence-corrected chi connectivity index (χ4v) is 5.25. The number of anilines is 1. The fraction of sp³-hybridized carbons (Fsp3) is 0.321. The molecule has 2 amide bonds. The molecule has 2 saturated heterocycles. The lowest BCUT2D eigenvalue weighted by atomic mass is 9.96. The maximum absolute atomic E-state index is 12.7. The zero-order valence-corrected chi connectivity index (χ0v) is 19.6. The normalized spacial score (nSPS) is 20.9. The van der Waals surface area contributed by atoms with Gasteiger partial charge in [-0.2, -0.15) is 0 Å². The van der Waals surface area contributed by atoms with Gasteiger partial charge in [-0.15, -0.1) is 0 Å². The second-order valence-corrected chi connectivity index (χ2v) is 9.36. The number of aliphatic hydroxyl groups is 1. The number of hydrogen-bond donors (Lipinski definition) is 3. The minimum atomic E-state index is -0.135. The van der Waals surface area contributed by atoms with E-state index < -0.39 is 0 Å². The first-order valence-electron chi connectivity index (χ1n) is 12.2. The molecule has 35 heavy (non-hydrogen) atoms. The van der Waals surface area contributed by atoms with E-state index in [2.05, 4.69) is 20.5 Å². The van der Waals surface area contributed by atoms with Crippen molar-refractivity contribution in [3.63, 3.8) is 0 Å². The number of hydrogen-bond acceptors (Lipinski definition) is 5. The molecule has 7 heteroatoms. The summed E-state index contributed by atoms with van der Waals surface area (Å²) in [7, 11) is 0. The molecule has 3 atom stereocenters. The van der Waals surface area contributed by atoms with E-state index in [1.807, 2.05) is 42.5 Å². The molecule has 2 aliphatic heterocycles. The topological polar surface area (TPSA) is 94.6 Å². The van der Waals surface area contributed by atoms with Crippen molar-refractivity contribution in [3.8, 4) is 0 Å². The van der Waals surface area contributed by atoms with Crippen LogP contribution in [0.15, 0.2) is 72.9 Å². The van der Waals surface area contributed by atoms with Gasteiger partial charge in [-0.05, 0) is 61.1 Å². The second kappa shape index (κ2) is 10.3. The number of rotatable bonds is 7. The van der Waals surface area contributed by atoms with Crippen LogP contribution < -0.4 is 15.5 Å². The molecule has 0 spiro atoms. The Kier molecular flexibility index (Phi) is 6.77. The van der Waals surface area contributed by atoms with Gasteiger partial charge in [0.05, 0.1) is 12.2 Å². The van der Waals surface area contributed by atoms with Crippen molar-refractivity contribution in [1.82, 2.24) is 15.6 Å². The summed E-state index contributed by atoms with van der Waals surface area (Å²) in [5.74, 6) is 0.683. The van der Waals surface area contributed by atoms with E-state index in [9.17, 15) is 14.7 Å². The summed E-state index contributed by atoms with van der Waals surface area (Å²) >= 11 is 0. The van der Waals surface area contributed by atoms with Crippen LogP contribution in [0.5, 0.6) is 0 Å². The monoisotopic (exact) mass is 470 g/mol. The SMILES string of the molecule is O=C(NCc1ccccc1)c1ccc(N2[C@@H]3CC[C@H]2CC(NC(=O)c2ccc(CO)cc2)C3)nc1. The van der Waals surface area contributed by atoms with Crippen LogP contribution in [-0.2, 0) is 13.2 Å². The van der Waals surface area contributed by atoms with Gasteiger partial charge in [-0.25, -0.2) is 4.98 Å². The van der Waals surface area contributed by atoms with E-state index in [0.29, 0.717) is 29.8 Å². The lowest BCUT2D eigenvalue weighted by Gasteiger charge is -2.40. The Morgan fingerprint density at radius 3 is 2.17 bits per heavy atom. The van der Waals surface area contributed by atoms with Gasteiger partial charge < -0.3 is 20.6 Å². The number of fused-ring (bicyclic) bond motifs is 2. The fourth-order valence-electron chi connectivity index (χ4n) is 5.25. The first-order chi connectivity index (χ1) is 17.1. The highest BCUT2D eigenvalue weighted by Gasteiger charge is 2.41. The molecule has 7 nitrogen and oxygen atoms in total. The number of benzene rings is 2. The van der Waals surface area contributed by atoms with E-state index in [4.69, 9.17) is 0 Å². The first-order valence-corrected chi connectivity index (χ1v) is 12.2. The highest BCUT2D eigenvalue weighted by molar-refractivity contribution is 5.94. The van der Waals surface area contributed by atoms with Gasteiger partial charge >= 0.3 is 0 Å². The predicted molar refractivity (Wildman–Crippen MR) is 134 cm³/mol. The first kappa shape index (κ1) is 23.1. The zero-order valence-electron chi connectivity index (χ0n) is 19.6. The molecular formula is C28H30N4O3. The standard InChI is InChI=1S/C28H30N4O3/c33-18-20-6-8-21(9-7-20)28(35)31-23-14-24-11-12-25(15-23)32(24)26-13-10-22(17-29-26)27(34)30-16-19-4-2-1-3-5-19/h1-10,13,17,23-25,33H,11-12,14-16,18H2,(H,30,34)(H,31,35)/t23?,24-,25+. The van der Waals surface area contributed by atoms with E-state index in [-0.39, 0.29) is 24.5 Å². The number of amides is 2. The molecule has 3 aromatic rings. The summed E-state index contributed by atoms with van der Waals surface area (Å²) in [6.07, 6.45) is 5.54. The Balaban J connectivity index is 1.18. The lowest BCUT2D eigenvalue weighted by Crippen LogP contribution is -2.50. The molecular weight excluding hydrogens is 440 g/mol. The summed E-state index contributed by atoms with van der Waals surface area (Å²) < 4.78 is 0. The Morgan fingerprint density at radius 2 is 1.54 bits per heavy atom. The minimum Gasteiger partial charge on any atom is -0.392 e. The van der Waals surface area contributed by atoms with Gasteiger partial charge in [0.1, 0.15) is 5.82 Å². The van der Waals surface area contributed by atoms with Gasteiger partial charge in [0.2, 0.25) is 0 Å². The summed E-state index contributed by atoms with van der Waals surface area (Å²) in [6, 6.07) is 21.4. The second-order valence-electron chi connectivity index (χ2n) is 9.36. The van der Waals surface area contributed by atoms with E-state index in [1.54, 1.807) is 30.5 Å². The third-order valence-electron chi connectivity index (χ3n) is 7.04. The number of piperidine rings is 1. The quantitative estimate of drug-likeness (QED) is 0.492.